The Hall–Kier alpha value is -1.16. The third-order valence-corrected chi connectivity index (χ3v) is 4.96. The Labute approximate surface area is 125 Å². The first kappa shape index (κ1) is 13.8. The van der Waals surface area contributed by atoms with Crippen LogP contribution in [-0.4, -0.2) is 31.1 Å². The molecule has 3 rings (SSSR count). The largest absolute Gasteiger partial charge is 0.314 e. The van der Waals surface area contributed by atoms with Gasteiger partial charge in [-0.25, -0.2) is 0 Å². The average molecular weight is 286 g/mol. The Morgan fingerprint density at radius 2 is 1.90 bits per heavy atom. The molecule has 1 atom stereocenters. The summed E-state index contributed by atoms with van der Waals surface area (Å²) in [4.78, 5) is 4.06. The predicted molar refractivity (Wildman–Crippen MR) is 86.4 cm³/mol. The lowest BCUT2D eigenvalue weighted by molar-refractivity contribution is 0.200. The molecule has 2 heterocycles. The number of nitrogens with one attached hydrogen (secondary N) is 1. The molecule has 0 bridgehead atoms. The van der Waals surface area contributed by atoms with Crippen molar-refractivity contribution in [2.75, 3.05) is 26.2 Å². The van der Waals surface area contributed by atoms with E-state index in [4.69, 9.17) is 0 Å². The van der Waals surface area contributed by atoms with Gasteiger partial charge in [-0.15, -0.1) is 11.3 Å². The summed E-state index contributed by atoms with van der Waals surface area (Å²) in [6, 6.07) is 14.0. The van der Waals surface area contributed by atoms with Crippen LogP contribution in [0.1, 0.15) is 29.0 Å². The summed E-state index contributed by atoms with van der Waals surface area (Å²) in [5.41, 5.74) is 2.84. The first-order valence-electron chi connectivity index (χ1n) is 7.45. The highest BCUT2D eigenvalue weighted by Crippen LogP contribution is 2.32. The van der Waals surface area contributed by atoms with Crippen molar-refractivity contribution in [3.63, 3.8) is 0 Å². The zero-order chi connectivity index (χ0) is 13.8. The molecule has 2 nitrogen and oxygen atoms in total. The highest BCUT2D eigenvalue weighted by atomic mass is 32.1. The van der Waals surface area contributed by atoms with E-state index in [0.717, 1.165) is 32.6 Å². The molecule has 1 aliphatic heterocycles. The van der Waals surface area contributed by atoms with Crippen LogP contribution in [0, 0.1) is 0 Å². The lowest BCUT2D eigenvalue weighted by Crippen LogP contribution is -2.45. The minimum Gasteiger partial charge on any atom is -0.314 e. The molecule has 1 saturated heterocycles. The molecule has 0 unspecified atom stereocenters. The van der Waals surface area contributed by atoms with E-state index >= 15 is 0 Å². The van der Waals surface area contributed by atoms with E-state index in [-0.39, 0.29) is 0 Å². The molecular weight excluding hydrogens is 264 g/mol. The first-order valence-corrected chi connectivity index (χ1v) is 8.33. The number of aryl methyl sites for hydroxylation is 1. The van der Waals surface area contributed by atoms with Gasteiger partial charge in [0, 0.05) is 31.1 Å². The van der Waals surface area contributed by atoms with Gasteiger partial charge < -0.3 is 5.32 Å². The molecule has 1 N–H and O–H groups in total. The molecule has 0 radical (unpaired) electrons. The van der Waals surface area contributed by atoms with Crippen molar-refractivity contribution >= 4 is 11.3 Å². The molecule has 1 aromatic carbocycles. The molecule has 1 aliphatic rings. The van der Waals surface area contributed by atoms with Crippen LogP contribution in [0.15, 0.2) is 41.8 Å². The molecule has 3 heteroatoms. The summed E-state index contributed by atoms with van der Waals surface area (Å²) in [5, 5.41) is 5.63. The maximum absolute atomic E-state index is 3.45. The Morgan fingerprint density at radius 1 is 1.15 bits per heavy atom. The lowest BCUT2D eigenvalue weighted by atomic mass is 10.0. The summed E-state index contributed by atoms with van der Waals surface area (Å²) >= 11 is 1.87. The maximum Gasteiger partial charge on any atom is 0.0696 e. The third-order valence-electron chi connectivity index (χ3n) is 4.03. The van der Waals surface area contributed by atoms with E-state index in [1.165, 1.54) is 16.0 Å². The van der Waals surface area contributed by atoms with Crippen molar-refractivity contribution in [3.05, 3.63) is 57.8 Å². The van der Waals surface area contributed by atoms with Crippen LogP contribution in [0.2, 0.25) is 0 Å². The van der Waals surface area contributed by atoms with Gasteiger partial charge in [-0.3, -0.25) is 4.90 Å². The summed E-state index contributed by atoms with van der Waals surface area (Å²) < 4.78 is 0. The molecule has 0 aliphatic carbocycles. The lowest BCUT2D eigenvalue weighted by Gasteiger charge is -2.34. The number of piperazine rings is 1. The fourth-order valence-corrected chi connectivity index (χ4v) is 3.76. The zero-order valence-electron chi connectivity index (χ0n) is 12.0. The number of hydrogen-bond acceptors (Lipinski definition) is 3. The van der Waals surface area contributed by atoms with Crippen LogP contribution in [0.3, 0.4) is 0 Å². The number of benzene rings is 1. The highest BCUT2D eigenvalue weighted by molar-refractivity contribution is 7.10. The van der Waals surface area contributed by atoms with Gasteiger partial charge in [0.15, 0.2) is 0 Å². The van der Waals surface area contributed by atoms with Gasteiger partial charge in [0.25, 0.3) is 0 Å². The van der Waals surface area contributed by atoms with Crippen LogP contribution in [0.5, 0.6) is 0 Å². The topological polar surface area (TPSA) is 15.3 Å². The predicted octanol–water partition coefficient (Wildman–Crippen LogP) is 3.31. The van der Waals surface area contributed by atoms with Crippen molar-refractivity contribution in [2.24, 2.45) is 0 Å². The summed E-state index contributed by atoms with van der Waals surface area (Å²) in [5.74, 6) is 0. The quantitative estimate of drug-likeness (QED) is 0.927. The molecule has 0 saturated carbocycles. The molecule has 20 heavy (non-hydrogen) atoms. The normalized spacial score (nSPS) is 18.1. The van der Waals surface area contributed by atoms with Crippen molar-refractivity contribution in [3.8, 4) is 0 Å². The smallest absolute Gasteiger partial charge is 0.0696 e. The van der Waals surface area contributed by atoms with E-state index in [9.17, 15) is 0 Å². The Morgan fingerprint density at radius 3 is 2.50 bits per heavy atom. The average Bonchev–Trinajstić information content (AvgIpc) is 3.03. The SMILES string of the molecule is CCc1ccc([C@@H](c2cccs2)N2CCNCC2)cc1. The second-order valence-electron chi connectivity index (χ2n) is 5.30. The molecule has 1 aromatic heterocycles. The number of thiophene rings is 1. The van der Waals surface area contributed by atoms with Gasteiger partial charge in [0.05, 0.1) is 6.04 Å². The summed E-state index contributed by atoms with van der Waals surface area (Å²) in [7, 11) is 0. The number of rotatable bonds is 4. The number of hydrogen-bond donors (Lipinski definition) is 1. The van der Waals surface area contributed by atoms with E-state index in [2.05, 4.69) is 58.9 Å². The first-order chi connectivity index (χ1) is 9.88. The monoisotopic (exact) mass is 286 g/mol. The Kier molecular flexibility index (Phi) is 4.51. The second-order valence-corrected chi connectivity index (χ2v) is 6.28. The van der Waals surface area contributed by atoms with Crippen LogP contribution in [0.4, 0.5) is 0 Å². The highest BCUT2D eigenvalue weighted by Gasteiger charge is 2.24. The van der Waals surface area contributed by atoms with Crippen molar-refractivity contribution < 1.29 is 0 Å². The molecule has 0 amide bonds. The standard InChI is InChI=1S/C17H22N2S/c1-2-14-5-7-15(8-6-14)17(16-4-3-13-20-16)19-11-9-18-10-12-19/h3-8,13,17-18H,2,9-12H2,1H3/t17-/m0/s1. The van der Waals surface area contributed by atoms with Gasteiger partial charge in [0.1, 0.15) is 0 Å². The summed E-state index contributed by atoms with van der Waals surface area (Å²) in [6.07, 6.45) is 1.11. The van der Waals surface area contributed by atoms with Crippen molar-refractivity contribution in [1.82, 2.24) is 10.2 Å². The Balaban J connectivity index is 1.91. The van der Waals surface area contributed by atoms with Crippen LogP contribution in [0.25, 0.3) is 0 Å². The minimum atomic E-state index is 0.419. The molecule has 2 aromatic rings. The molecular formula is C17H22N2S. The molecule has 1 fully saturated rings. The third kappa shape index (κ3) is 2.95. The van der Waals surface area contributed by atoms with E-state index in [1.807, 2.05) is 11.3 Å². The van der Waals surface area contributed by atoms with Crippen LogP contribution < -0.4 is 5.32 Å². The van der Waals surface area contributed by atoms with Gasteiger partial charge in [-0.05, 0) is 29.0 Å². The van der Waals surface area contributed by atoms with Gasteiger partial charge >= 0.3 is 0 Å². The summed E-state index contributed by atoms with van der Waals surface area (Å²) in [6.45, 7) is 6.64. The van der Waals surface area contributed by atoms with Crippen LogP contribution in [-0.2, 0) is 6.42 Å². The van der Waals surface area contributed by atoms with Crippen molar-refractivity contribution in [1.29, 1.82) is 0 Å². The molecule has 0 spiro atoms. The molecule has 106 valence electrons. The second kappa shape index (κ2) is 6.53. The van der Waals surface area contributed by atoms with Crippen LogP contribution >= 0.6 is 11.3 Å². The number of nitrogens with zero attached hydrogens (tertiary/aromatic N) is 1. The maximum atomic E-state index is 3.45. The fraction of sp³-hybridized carbons (Fsp3) is 0.412. The van der Waals surface area contributed by atoms with Gasteiger partial charge in [-0.1, -0.05) is 37.3 Å². The Bertz CT molecular complexity index is 512. The van der Waals surface area contributed by atoms with E-state index in [1.54, 1.807) is 0 Å². The zero-order valence-corrected chi connectivity index (χ0v) is 12.8. The van der Waals surface area contributed by atoms with Crippen molar-refractivity contribution in [2.45, 2.75) is 19.4 Å². The van der Waals surface area contributed by atoms with E-state index in [0.29, 0.717) is 6.04 Å². The van der Waals surface area contributed by atoms with E-state index < -0.39 is 0 Å². The van der Waals surface area contributed by atoms with Gasteiger partial charge in [0.2, 0.25) is 0 Å². The minimum absolute atomic E-state index is 0.419. The van der Waals surface area contributed by atoms with Gasteiger partial charge in [-0.2, -0.15) is 0 Å². The fourth-order valence-electron chi connectivity index (χ4n) is 2.88.